The van der Waals surface area contributed by atoms with Crippen molar-refractivity contribution in [1.82, 2.24) is 9.21 Å². The number of hydrogen-bond acceptors (Lipinski definition) is 4. The number of carbonyl (C=O) groups is 1. The first-order valence-electron chi connectivity index (χ1n) is 8.49. The summed E-state index contributed by atoms with van der Waals surface area (Å²) >= 11 is 9.35. The Bertz CT molecular complexity index is 982. The average molecular weight is 491 g/mol. The highest BCUT2D eigenvalue weighted by Crippen LogP contribution is 2.28. The van der Waals surface area contributed by atoms with Gasteiger partial charge in [0.25, 0.3) is 0 Å². The first-order valence-corrected chi connectivity index (χ1v) is 11.1. The maximum absolute atomic E-state index is 13.2. The number of amides is 1. The number of piperazine rings is 1. The lowest BCUT2D eigenvalue weighted by Gasteiger charge is -2.33. The van der Waals surface area contributed by atoms with Crippen molar-refractivity contribution in [1.29, 1.82) is 0 Å². The Morgan fingerprint density at radius 2 is 1.86 bits per heavy atom. The lowest BCUT2D eigenvalue weighted by atomic mass is 10.3. The molecule has 150 valence electrons. The normalized spacial score (nSPS) is 16.1. The minimum Gasteiger partial charge on any atom is -0.325 e. The lowest BCUT2D eigenvalue weighted by Crippen LogP contribution is -2.50. The highest BCUT2D eigenvalue weighted by atomic mass is 79.9. The second-order valence-corrected chi connectivity index (χ2v) is 9.54. The van der Waals surface area contributed by atoms with E-state index in [-0.39, 0.29) is 35.5 Å². The maximum Gasteiger partial charge on any atom is 0.244 e. The van der Waals surface area contributed by atoms with Crippen LogP contribution in [0.15, 0.2) is 51.8 Å². The summed E-state index contributed by atoms with van der Waals surface area (Å²) in [6, 6.07) is 10.3. The van der Waals surface area contributed by atoms with E-state index in [1.54, 1.807) is 18.2 Å². The molecule has 1 N–H and O–H groups in total. The summed E-state index contributed by atoms with van der Waals surface area (Å²) in [5.74, 6) is -0.707. The number of halogens is 3. The van der Waals surface area contributed by atoms with Crippen LogP contribution in [-0.4, -0.2) is 56.3 Å². The molecule has 2 aromatic rings. The van der Waals surface area contributed by atoms with Gasteiger partial charge in [-0.2, -0.15) is 4.31 Å². The molecule has 1 aliphatic heterocycles. The number of anilines is 1. The first kappa shape index (κ1) is 21.2. The number of carbonyl (C=O) groups excluding carboxylic acids is 1. The summed E-state index contributed by atoms with van der Waals surface area (Å²) in [6.07, 6.45) is 0. The highest BCUT2D eigenvalue weighted by molar-refractivity contribution is 9.10. The zero-order valence-electron chi connectivity index (χ0n) is 14.7. The molecule has 0 spiro atoms. The summed E-state index contributed by atoms with van der Waals surface area (Å²) in [6.45, 7) is 1.42. The van der Waals surface area contributed by atoms with Gasteiger partial charge in [0.05, 0.1) is 11.6 Å². The van der Waals surface area contributed by atoms with E-state index in [0.717, 1.165) is 0 Å². The van der Waals surface area contributed by atoms with Gasteiger partial charge >= 0.3 is 0 Å². The summed E-state index contributed by atoms with van der Waals surface area (Å²) in [7, 11) is -3.70. The predicted octanol–water partition coefficient (Wildman–Crippen LogP) is 3.19. The number of nitrogens with one attached hydrogen (secondary N) is 1. The van der Waals surface area contributed by atoms with Gasteiger partial charge in [0.1, 0.15) is 10.7 Å². The fraction of sp³-hybridized carbons (Fsp3) is 0.278. The van der Waals surface area contributed by atoms with E-state index in [4.69, 9.17) is 11.6 Å². The Balaban J connectivity index is 1.57. The van der Waals surface area contributed by atoms with E-state index < -0.39 is 15.8 Å². The molecule has 0 atom stereocenters. The molecule has 0 bridgehead atoms. The second kappa shape index (κ2) is 8.87. The van der Waals surface area contributed by atoms with E-state index in [1.807, 2.05) is 4.90 Å². The average Bonchev–Trinajstić information content (AvgIpc) is 2.61. The fourth-order valence-corrected chi connectivity index (χ4v) is 5.35. The standard InChI is InChI=1S/C18H18BrClFN3O3S/c19-13-4-5-17(16(20)10-13)28(26,27)24-8-6-23(7-9-24)12-18(25)22-15-3-1-2-14(21)11-15/h1-5,10-11H,6-9,12H2,(H,22,25). The lowest BCUT2D eigenvalue weighted by molar-refractivity contribution is -0.117. The predicted molar refractivity (Wildman–Crippen MR) is 109 cm³/mol. The third-order valence-corrected chi connectivity index (χ3v) is 7.19. The summed E-state index contributed by atoms with van der Waals surface area (Å²) in [4.78, 5) is 14.1. The van der Waals surface area contributed by atoms with E-state index in [0.29, 0.717) is 23.2 Å². The molecule has 0 aromatic heterocycles. The number of sulfonamides is 1. The molecular weight excluding hydrogens is 473 g/mol. The Labute approximate surface area is 176 Å². The van der Waals surface area contributed by atoms with Gasteiger partial charge < -0.3 is 5.32 Å². The Kier molecular flexibility index (Phi) is 6.72. The molecular formula is C18H18BrClFN3O3S. The van der Waals surface area contributed by atoms with Gasteiger partial charge in [-0.1, -0.05) is 33.6 Å². The number of nitrogens with zero attached hydrogens (tertiary/aromatic N) is 2. The fourth-order valence-electron chi connectivity index (χ4n) is 2.92. The van der Waals surface area contributed by atoms with Crippen molar-refractivity contribution in [2.45, 2.75) is 4.90 Å². The number of benzene rings is 2. The van der Waals surface area contributed by atoms with Crippen LogP contribution in [-0.2, 0) is 14.8 Å². The summed E-state index contributed by atoms with van der Waals surface area (Å²) in [5.41, 5.74) is 0.385. The van der Waals surface area contributed by atoms with Crippen molar-refractivity contribution < 1.29 is 17.6 Å². The zero-order valence-corrected chi connectivity index (χ0v) is 17.9. The van der Waals surface area contributed by atoms with E-state index in [9.17, 15) is 17.6 Å². The highest BCUT2D eigenvalue weighted by Gasteiger charge is 2.30. The van der Waals surface area contributed by atoms with Crippen LogP contribution in [0.4, 0.5) is 10.1 Å². The van der Waals surface area contributed by atoms with Crippen LogP contribution in [0.3, 0.4) is 0 Å². The monoisotopic (exact) mass is 489 g/mol. The number of rotatable bonds is 5. The molecule has 1 fully saturated rings. The van der Waals surface area contributed by atoms with E-state index in [1.165, 1.54) is 28.6 Å². The van der Waals surface area contributed by atoms with Crippen molar-refractivity contribution in [3.05, 3.63) is 57.8 Å². The van der Waals surface area contributed by atoms with Crippen molar-refractivity contribution in [3.63, 3.8) is 0 Å². The van der Waals surface area contributed by atoms with Crippen molar-refractivity contribution in [2.75, 3.05) is 38.0 Å². The molecule has 28 heavy (non-hydrogen) atoms. The third-order valence-electron chi connectivity index (χ3n) is 4.32. The molecule has 1 heterocycles. The van der Waals surface area contributed by atoms with Gasteiger partial charge in [0, 0.05) is 36.3 Å². The van der Waals surface area contributed by atoms with Gasteiger partial charge in [-0.25, -0.2) is 12.8 Å². The second-order valence-electron chi connectivity index (χ2n) is 6.31. The molecule has 2 aromatic carbocycles. The van der Waals surface area contributed by atoms with Crippen LogP contribution in [0.25, 0.3) is 0 Å². The van der Waals surface area contributed by atoms with Crippen LogP contribution in [0.5, 0.6) is 0 Å². The van der Waals surface area contributed by atoms with Crippen molar-refractivity contribution in [2.24, 2.45) is 0 Å². The molecule has 10 heteroatoms. The minimum atomic E-state index is -3.70. The van der Waals surface area contributed by atoms with Crippen LogP contribution in [0, 0.1) is 5.82 Å². The quantitative estimate of drug-likeness (QED) is 0.699. The Morgan fingerprint density at radius 1 is 1.14 bits per heavy atom. The van der Waals surface area contributed by atoms with Crippen LogP contribution in [0.1, 0.15) is 0 Å². The minimum absolute atomic E-state index is 0.0645. The molecule has 1 aliphatic rings. The molecule has 0 saturated carbocycles. The van der Waals surface area contributed by atoms with Crippen LogP contribution >= 0.6 is 27.5 Å². The summed E-state index contributed by atoms with van der Waals surface area (Å²) < 4.78 is 40.9. The first-order chi connectivity index (χ1) is 13.3. The maximum atomic E-state index is 13.2. The number of hydrogen-bond donors (Lipinski definition) is 1. The molecule has 0 unspecified atom stereocenters. The molecule has 3 rings (SSSR count). The SMILES string of the molecule is O=C(CN1CCN(S(=O)(=O)c2ccc(Br)cc2Cl)CC1)Nc1cccc(F)c1. The topological polar surface area (TPSA) is 69.7 Å². The van der Waals surface area contributed by atoms with Gasteiger partial charge in [-0.15, -0.1) is 0 Å². The van der Waals surface area contributed by atoms with Crippen LogP contribution < -0.4 is 5.32 Å². The molecule has 6 nitrogen and oxygen atoms in total. The molecule has 1 saturated heterocycles. The zero-order chi connectivity index (χ0) is 20.3. The smallest absolute Gasteiger partial charge is 0.244 e. The van der Waals surface area contributed by atoms with Gasteiger partial charge in [0.2, 0.25) is 15.9 Å². The molecule has 1 amide bonds. The van der Waals surface area contributed by atoms with Gasteiger partial charge in [0.15, 0.2) is 0 Å². The van der Waals surface area contributed by atoms with Crippen molar-refractivity contribution in [3.8, 4) is 0 Å². The van der Waals surface area contributed by atoms with Crippen molar-refractivity contribution >= 4 is 49.1 Å². The van der Waals surface area contributed by atoms with Crippen LogP contribution in [0.2, 0.25) is 5.02 Å². The van der Waals surface area contributed by atoms with Gasteiger partial charge in [-0.3, -0.25) is 9.69 Å². The Hall–Kier alpha value is -1.52. The molecule has 0 radical (unpaired) electrons. The largest absolute Gasteiger partial charge is 0.325 e. The molecule has 0 aliphatic carbocycles. The summed E-state index contributed by atoms with van der Waals surface area (Å²) in [5, 5.41) is 2.79. The third kappa shape index (κ3) is 5.09. The van der Waals surface area contributed by atoms with E-state index in [2.05, 4.69) is 21.2 Å². The Morgan fingerprint density at radius 3 is 2.50 bits per heavy atom. The van der Waals surface area contributed by atoms with E-state index >= 15 is 0 Å². The van der Waals surface area contributed by atoms with Gasteiger partial charge in [-0.05, 0) is 36.4 Å².